The fourth-order valence-corrected chi connectivity index (χ4v) is 2.89. The first kappa shape index (κ1) is 16.1. The van der Waals surface area contributed by atoms with Gasteiger partial charge in [-0.05, 0) is 19.9 Å². The van der Waals surface area contributed by atoms with Gasteiger partial charge in [0.1, 0.15) is 24.1 Å². The minimum absolute atomic E-state index is 0.0372. The van der Waals surface area contributed by atoms with Crippen molar-refractivity contribution in [1.29, 1.82) is 0 Å². The number of nitrogens with zero attached hydrogens (tertiary/aromatic N) is 1. The molecule has 2 saturated heterocycles. The summed E-state index contributed by atoms with van der Waals surface area (Å²) in [6.45, 7) is 4.43. The van der Waals surface area contributed by atoms with Crippen molar-refractivity contribution >= 4 is 5.69 Å². The Morgan fingerprint density at radius 1 is 1.26 bits per heavy atom. The van der Waals surface area contributed by atoms with Crippen molar-refractivity contribution in [2.45, 2.75) is 44.4 Å². The van der Waals surface area contributed by atoms with Crippen LogP contribution >= 0.6 is 0 Å². The summed E-state index contributed by atoms with van der Waals surface area (Å²) in [4.78, 5) is 10.4. The summed E-state index contributed by atoms with van der Waals surface area (Å²) in [5.41, 5.74) is -0.289. The predicted molar refractivity (Wildman–Crippen MR) is 77.0 cm³/mol. The lowest BCUT2D eigenvalue weighted by molar-refractivity contribution is -0.386. The number of fused-ring (bicyclic) bond motifs is 1. The molecule has 0 N–H and O–H groups in total. The summed E-state index contributed by atoms with van der Waals surface area (Å²) < 4.78 is 36.1. The summed E-state index contributed by atoms with van der Waals surface area (Å²) in [5, 5.41) is 11.0. The van der Waals surface area contributed by atoms with Gasteiger partial charge in [-0.2, -0.15) is 0 Å². The molecule has 0 radical (unpaired) electrons. The average Bonchev–Trinajstić information content (AvgIpc) is 3.02. The van der Waals surface area contributed by atoms with E-state index < -0.39 is 16.8 Å². The zero-order chi connectivity index (χ0) is 16.6. The molecule has 2 heterocycles. The number of nitro groups is 1. The van der Waals surface area contributed by atoms with Crippen molar-refractivity contribution in [2.75, 3.05) is 13.2 Å². The summed E-state index contributed by atoms with van der Waals surface area (Å²) >= 11 is 0. The van der Waals surface area contributed by atoms with Gasteiger partial charge in [-0.1, -0.05) is 0 Å². The van der Waals surface area contributed by atoms with Gasteiger partial charge >= 0.3 is 5.69 Å². The van der Waals surface area contributed by atoms with Crippen molar-refractivity contribution in [1.82, 2.24) is 0 Å². The molecule has 7 nitrogen and oxygen atoms in total. The van der Waals surface area contributed by atoms with Crippen LogP contribution in [0.25, 0.3) is 0 Å². The van der Waals surface area contributed by atoms with E-state index in [0.717, 1.165) is 18.2 Å². The third-order valence-corrected chi connectivity index (χ3v) is 3.81. The van der Waals surface area contributed by atoms with Crippen molar-refractivity contribution in [2.24, 2.45) is 0 Å². The molecule has 1 aromatic carbocycles. The number of hydrogen-bond donors (Lipinski definition) is 0. The van der Waals surface area contributed by atoms with Crippen LogP contribution in [0.5, 0.6) is 5.75 Å². The number of benzene rings is 1. The number of nitro benzene ring substituents is 1. The molecule has 0 bridgehead atoms. The molecule has 23 heavy (non-hydrogen) atoms. The molecule has 2 aliphatic heterocycles. The van der Waals surface area contributed by atoms with E-state index in [1.165, 1.54) is 0 Å². The van der Waals surface area contributed by atoms with E-state index in [9.17, 15) is 14.5 Å². The fraction of sp³-hybridized carbons (Fsp3) is 0.600. The molecule has 1 aromatic rings. The standard InChI is InChI=1S/C15H18FNO6/c1-8(2)22-12-6-20-15-13(7-21-14(12)15)23-11-5-9(16)3-4-10(11)17(18)19/h3-5,8,12-15H,6-7H2,1-2H3/t12-,13?,14-,15-/m1/s1. The largest absolute Gasteiger partial charge is 0.478 e. The lowest BCUT2D eigenvalue weighted by Crippen LogP contribution is -2.36. The second-order valence-electron chi connectivity index (χ2n) is 5.84. The first-order chi connectivity index (χ1) is 11.0. The topological polar surface area (TPSA) is 80.1 Å². The van der Waals surface area contributed by atoms with Gasteiger partial charge in [0.15, 0.2) is 11.9 Å². The van der Waals surface area contributed by atoms with Crippen LogP contribution in [0.3, 0.4) is 0 Å². The lowest BCUT2D eigenvalue weighted by atomic mass is 10.1. The van der Waals surface area contributed by atoms with Gasteiger partial charge in [-0.3, -0.25) is 10.1 Å². The maximum atomic E-state index is 13.4. The molecule has 2 fully saturated rings. The van der Waals surface area contributed by atoms with Crippen LogP contribution in [0, 0.1) is 15.9 Å². The first-order valence-electron chi connectivity index (χ1n) is 7.45. The molecule has 126 valence electrons. The van der Waals surface area contributed by atoms with Crippen LogP contribution < -0.4 is 4.74 Å². The Morgan fingerprint density at radius 3 is 2.57 bits per heavy atom. The molecule has 3 rings (SSSR count). The highest BCUT2D eigenvalue weighted by Gasteiger charge is 2.50. The van der Waals surface area contributed by atoms with Crippen LogP contribution in [-0.2, 0) is 14.2 Å². The van der Waals surface area contributed by atoms with E-state index >= 15 is 0 Å². The van der Waals surface area contributed by atoms with E-state index in [0.29, 0.717) is 6.61 Å². The third-order valence-electron chi connectivity index (χ3n) is 3.81. The summed E-state index contributed by atoms with van der Waals surface area (Å²) in [7, 11) is 0. The molecule has 8 heteroatoms. The summed E-state index contributed by atoms with van der Waals surface area (Å²) in [6, 6.07) is 3.11. The van der Waals surface area contributed by atoms with Gasteiger partial charge in [0.25, 0.3) is 0 Å². The highest BCUT2D eigenvalue weighted by atomic mass is 19.1. The van der Waals surface area contributed by atoms with E-state index in [2.05, 4.69) is 0 Å². The normalized spacial score (nSPS) is 29.7. The Bertz CT molecular complexity index is 595. The Labute approximate surface area is 132 Å². The van der Waals surface area contributed by atoms with E-state index in [1.54, 1.807) is 0 Å². The Hall–Kier alpha value is -1.77. The molecule has 0 amide bonds. The van der Waals surface area contributed by atoms with Crippen LogP contribution in [0.1, 0.15) is 13.8 Å². The van der Waals surface area contributed by atoms with Crippen LogP contribution in [0.4, 0.5) is 10.1 Å². The average molecular weight is 327 g/mol. The van der Waals surface area contributed by atoms with Gasteiger partial charge in [0.05, 0.1) is 24.2 Å². The first-order valence-corrected chi connectivity index (χ1v) is 7.45. The van der Waals surface area contributed by atoms with E-state index in [4.69, 9.17) is 18.9 Å². The van der Waals surface area contributed by atoms with Crippen molar-refractivity contribution < 1.29 is 28.3 Å². The van der Waals surface area contributed by atoms with Crippen molar-refractivity contribution in [3.8, 4) is 5.75 Å². The van der Waals surface area contributed by atoms with Crippen molar-refractivity contribution in [3.63, 3.8) is 0 Å². The fourth-order valence-electron chi connectivity index (χ4n) is 2.89. The molecular formula is C15H18FNO6. The Morgan fingerprint density at radius 2 is 1.91 bits per heavy atom. The van der Waals surface area contributed by atoms with Gasteiger partial charge in [0, 0.05) is 12.1 Å². The summed E-state index contributed by atoms with van der Waals surface area (Å²) in [6.07, 6.45) is -1.37. The second kappa shape index (κ2) is 6.38. The minimum atomic E-state index is -0.609. The molecule has 0 spiro atoms. The van der Waals surface area contributed by atoms with Crippen LogP contribution in [0.15, 0.2) is 18.2 Å². The lowest BCUT2D eigenvalue weighted by Gasteiger charge is -2.19. The maximum absolute atomic E-state index is 13.4. The van der Waals surface area contributed by atoms with E-state index in [1.807, 2.05) is 13.8 Å². The predicted octanol–water partition coefficient (Wildman–Crippen LogP) is 2.07. The quantitative estimate of drug-likeness (QED) is 0.608. The zero-order valence-corrected chi connectivity index (χ0v) is 12.8. The van der Waals surface area contributed by atoms with Gasteiger partial charge in [-0.25, -0.2) is 4.39 Å². The molecule has 4 atom stereocenters. The highest BCUT2D eigenvalue weighted by molar-refractivity contribution is 5.46. The molecule has 0 aromatic heterocycles. The smallest absolute Gasteiger partial charge is 0.311 e. The zero-order valence-electron chi connectivity index (χ0n) is 12.8. The summed E-state index contributed by atoms with van der Waals surface area (Å²) in [5.74, 6) is -0.726. The molecule has 2 aliphatic rings. The maximum Gasteiger partial charge on any atom is 0.311 e. The van der Waals surface area contributed by atoms with Crippen LogP contribution in [0.2, 0.25) is 0 Å². The molecule has 0 aliphatic carbocycles. The van der Waals surface area contributed by atoms with Gasteiger partial charge in [-0.15, -0.1) is 0 Å². The molecule has 0 saturated carbocycles. The minimum Gasteiger partial charge on any atom is -0.478 e. The number of rotatable bonds is 5. The van der Waals surface area contributed by atoms with Crippen LogP contribution in [-0.4, -0.2) is 48.7 Å². The Kier molecular flexibility index (Phi) is 4.47. The van der Waals surface area contributed by atoms with Gasteiger partial charge < -0.3 is 18.9 Å². The van der Waals surface area contributed by atoms with Gasteiger partial charge in [0.2, 0.25) is 0 Å². The monoisotopic (exact) mass is 327 g/mol. The Balaban J connectivity index is 1.73. The van der Waals surface area contributed by atoms with E-state index in [-0.39, 0.29) is 42.5 Å². The number of hydrogen-bond acceptors (Lipinski definition) is 6. The number of halogens is 1. The highest BCUT2D eigenvalue weighted by Crippen LogP contribution is 2.35. The SMILES string of the molecule is CC(C)O[C@@H]1CO[C@@H]2C(Oc3cc(F)ccc3[N+](=O)[O-])CO[C@@H]21. The molecular weight excluding hydrogens is 309 g/mol. The van der Waals surface area contributed by atoms with Crippen molar-refractivity contribution in [3.05, 3.63) is 34.1 Å². The number of ether oxygens (including phenoxy) is 4. The second-order valence-corrected chi connectivity index (χ2v) is 5.84. The third kappa shape index (κ3) is 3.29. The molecule has 1 unspecified atom stereocenters.